The Morgan fingerprint density at radius 3 is 2.64 bits per heavy atom. The second-order valence-corrected chi connectivity index (χ2v) is 6.37. The smallest absolute Gasteiger partial charge is 0.348 e. The quantitative estimate of drug-likeness (QED) is 0.414. The molecule has 0 radical (unpaired) electrons. The molecule has 0 aliphatic heterocycles. The Hall–Kier alpha value is -2.58. The first-order valence-corrected chi connectivity index (χ1v) is 8.43. The number of nitrogens with zero attached hydrogens (tertiary/aromatic N) is 1. The van der Waals surface area contributed by atoms with E-state index >= 15 is 0 Å². The van der Waals surface area contributed by atoms with Crippen molar-refractivity contribution in [3.8, 4) is 11.8 Å². The molecule has 0 fully saturated rings. The van der Waals surface area contributed by atoms with Crippen LogP contribution >= 0.6 is 15.9 Å². The summed E-state index contributed by atoms with van der Waals surface area (Å²) in [5, 5.41) is 9.15. The zero-order valence-corrected chi connectivity index (χ0v) is 15.9. The molecule has 0 bridgehead atoms. The van der Waals surface area contributed by atoms with E-state index in [-0.39, 0.29) is 5.57 Å². The Kier molecular flexibility index (Phi) is 6.37. The van der Waals surface area contributed by atoms with Crippen LogP contribution in [0.15, 0.2) is 46.4 Å². The molecule has 25 heavy (non-hydrogen) atoms. The van der Waals surface area contributed by atoms with Gasteiger partial charge in [0.25, 0.3) is 0 Å². The Morgan fingerprint density at radius 2 is 2.00 bits per heavy atom. The summed E-state index contributed by atoms with van der Waals surface area (Å²) in [5.41, 5.74) is 3.73. The number of para-hydroxylation sites is 1. The van der Waals surface area contributed by atoms with Crippen LogP contribution in [0.25, 0.3) is 6.08 Å². The van der Waals surface area contributed by atoms with E-state index in [1.807, 2.05) is 56.3 Å². The van der Waals surface area contributed by atoms with Gasteiger partial charge in [-0.1, -0.05) is 29.8 Å². The number of benzene rings is 2. The van der Waals surface area contributed by atoms with E-state index < -0.39 is 5.97 Å². The Bertz CT molecular complexity index is 866. The van der Waals surface area contributed by atoms with Crippen LogP contribution < -0.4 is 4.74 Å². The van der Waals surface area contributed by atoms with E-state index in [2.05, 4.69) is 20.7 Å². The van der Waals surface area contributed by atoms with Gasteiger partial charge in [-0.3, -0.25) is 0 Å². The van der Waals surface area contributed by atoms with Crippen LogP contribution in [0.3, 0.4) is 0 Å². The molecule has 0 spiro atoms. The highest BCUT2D eigenvalue weighted by Crippen LogP contribution is 2.26. The van der Waals surface area contributed by atoms with E-state index in [1.165, 1.54) is 7.11 Å². The summed E-state index contributed by atoms with van der Waals surface area (Å²) < 4.78 is 11.4. The highest BCUT2D eigenvalue weighted by molar-refractivity contribution is 9.10. The summed E-state index contributed by atoms with van der Waals surface area (Å²) in [7, 11) is 1.26. The molecule has 0 atom stereocenters. The van der Waals surface area contributed by atoms with Crippen molar-refractivity contribution in [3.05, 3.63) is 68.7 Å². The summed E-state index contributed by atoms with van der Waals surface area (Å²) in [4.78, 5) is 11.6. The first-order chi connectivity index (χ1) is 12.0. The van der Waals surface area contributed by atoms with Gasteiger partial charge in [0.15, 0.2) is 0 Å². The summed E-state index contributed by atoms with van der Waals surface area (Å²) in [5.74, 6) is 0.113. The number of aryl methyl sites for hydroxylation is 1. The molecule has 2 aromatic carbocycles. The van der Waals surface area contributed by atoms with Crippen LogP contribution in [0.1, 0.15) is 22.3 Å². The average molecular weight is 400 g/mol. The fourth-order valence-corrected chi connectivity index (χ4v) is 2.78. The molecule has 0 N–H and O–H groups in total. The van der Waals surface area contributed by atoms with Gasteiger partial charge < -0.3 is 9.47 Å². The maximum absolute atomic E-state index is 11.6. The number of carbonyl (C=O) groups is 1. The van der Waals surface area contributed by atoms with Crippen LogP contribution in [0.5, 0.6) is 5.75 Å². The van der Waals surface area contributed by atoms with Crippen LogP contribution in [0.2, 0.25) is 0 Å². The molecular formula is C20H18BrNO3. The number of methoxy groups -OCH3 is 1. The minimum Gasteiger partial charge on any atom is -0.488 e. The lowest BCUT2D eigenvalue weighted by Gasteiger charge is -2.13. The molecule has 0 aromatic heterocycles. The molecule has 0 heterocycles. The SMILES string of the molecule is COC(=O)/C(C#N)=C/c1cc(C)cc(COc2ccccc2Br)c1C. The largest absolute Gasteiger partial charge is 0.488 e. The third-order valence-electron chi connectivity index (χ3n) is 3.75. The number of nitriles is 1. The molecule has 128 valence electrons. The van der Waals surface area contributed by atoms with Gasteiger partial charge in [-0.05, 0) is 64.7 Å². The van der Waals surface area contributed by atoms with E-state index in [0.29, 0.717) is 6.61 Å². The molecule has 0 aliphatic rings. The lowest BCUT2D eigenvalue weighted by molar-refractivity contribution is -0.135. The normalized spacial score (nSPS) is 10.9. The first kappa shape index (κ1) is 18.8. The molecule has 4 nitrogen and oxygen atoms in total. The number of rotatable bonds is 5. The van der Waals surface area contributed by atoms with E-state index in [9.17, 15) is 4.79 Å². The van der Waals surface area contributed by atoms with Crippen molar-refractivity contribution >= 4 is 28.0 Å². The van der Waals surface area contributed by atoms with Crippen molar-refractivity contribution in [1.82, 2.24) is 0 Å². The first-order valence-electron chi connectivity index (χ1n) is 7.63. The van der Waals surface area contributed by atoms with Gasteiger partial charge in [0.05, 0.1) is 11.6 Å². The van der Waals surface area contributed by atoms with Crippen molar-refractivity contribution in [1.29, 1.82) is 5.26 Å². The Labute approximate surface area is 155 Å². The minimum absolute atomic E-state index is 0.0335. The van der Waals surface area contributed by atoms with Gasteiger partial charge in [-0.15, -0.1) is 0 Å². The van der Waals surface area contributed by atoms with Crippen LogP contribution in [-0.2, 0) is 16.1 Å². The third kappa shape index (κ3) is 4.71. The van der Waals surface area contributed by atoms with Crippen LogP contribution in [-0.4, -0.2) is 13.1 Å². The fourth-order valence-electron chi connectivity index (χ4n) is 2.38. The fraction of sp³-hybridized carbons (Fsp3) is 0.200. The van der Waals surface area contributed by atoms with E-state index in [0.717, 1.165) is 32.5 Å². The topological polar surface area (TPSA) is 59.3 Å². The summed E-state index contributed by atoms with van der Waals surface area (Å²) in [6.07, 6.45) is 1.55. The molecule has 0 aliphatic carbocycles. The molecule has 0 amide bonds. The molecule has 2 aromatic rings. The minimum atomic E-state index is -0.644. The second kappa shape index (κ2) is 8.50. The molecule has 5 heteroatoms. The lowest BCUT2D eigenvalue weighted by Crippen LogP contribution is -2.04. The van der Waals surface area contributed by atoms with Crippen molar-refractivity contribution in [2.75, 3.05) is 7.11 Å². The predicted octanol–water partition coefficient (Wildman–Crippen LogP) is 4.72. The van der Waals surface area contributed by atoms with Gasteiger partial charge in [0, 0.05) is 0 Å². The van der Waals surface area contributed by atoms with E-state index in [1.54, 1.807) is 6.08 Å². The van der Waals surface area contributed by atoms with Crippen molar-refractivity contribution in [3.63, 3.8) is 0 Å². The van der Waals surface area contributed by atoms with Gasteiger partial charge in [-0.25, -0.2) is 4.79 Å². The zero-order chi connectivity index (χ0) is 18.4. The summed E-state index contributed by atoms with van der Waals surface area (Å²) in [6.45, 7) is 4.29. The number of hydrogen-bond acceptors (Lipinski definition) is 4. The van der Waals surface area contributed by atoms with Gasteiger partial charge >= 0.3 is 5.97 Å². The van der Waals surface area contributed by atoms with Crippen molar-refractivity contribution in [2.24, 2.45) is 0 Å². The Balaban J connectivity index is 2.34. The third-order valence-corrected chi connectivity index (χ3v) is 4.40. The van der Waals surface area contributed by atoms with Gasteiger partial charge in [0.1, 0.15) is 24.0 Å². The molecule has 0 saturated carbocycles. The monoisotopic (exact) mass is 399 g/mol. The number of ether oxygens (including phenoxy) is 2. The highest BCUT2D eigenvalue weighted by Gasteiger charge is 2.12. The predicted molar refractivity (Wildman–Crippen MR) is 100.0 cm³/mol. The molecule has 0 unspecified atom stereocenters. The standard InChI is InChI=1S/C20H18BrNO3/c1-13-8-15(10-16(11-22)20(23)24-3)14(2)17(9-13)12-25-19-7-5-4-6-18(19)21/h4-10H,12H2,1-3H3/b16-10+. The van der Waals surface area contributed by atoms with Crippen molar-refractivity contribution in [2.45, 2.75) is 20.5 Å². The lowest BCUT2D eigenvalue weighted by atomic mass is 9.98. The second-order valence-electron chi connectivity index (χ2n) is 5.52. The maximum atomic E-state index is 11.6. The number of halogens is 1. The Morgan fingerprint density at radius 1 is 1.28 bits per heavy atom. The van der Waals surface area contributed by atoms with E-state index in [4.69, 9.17) is 10.00 Å². The molecule has 0 saturated heterocycles. The number of esters is 1. The highest BCUT2D eigenvalue weighted by atomic mass is 79.9. The molecule has 2 rings (SSSR count). The van der Waals surface area contributed by atoms with Crippen molar-refractivity contribution < 1.29 is 14.3 Å². The number of carbonyl (C=O) groups excluding carboxylic acids is 1. The molecular weight excluding hydrogens is 382 g/mol. The number of hydrogen-bond donors (Lipinski definition) is 0. The summed E-state index contributed by atoms with van der Waals surface area (Å²) >= 11 is 3.46. The summed E-state index contributed by atoms with van der Waals surface area (Å²) in [6, 6.07) is 13.5. The zero-order valence-electron chi connectivity index (χ0n) is 14.3. The maximum Gasteiger partial charge on any atom is 0.348 e. The van der Waals surface area contributed by atoms with Gasteiger partial charge in [0.2, 0.25) is 0 Å². The van der Waals surface area contributed by atoms with Crippen LogP contribution in [0.4, 0.5) is 0 Å². The average Bonchev–Trinajstić information content (AvgIpc) is 2.61. The van der Waals surface area contributed by atoms with Gasteiger partial charge in [-0.2, -0.15) is 5.26 Å². The van der Waals surface area contributed by atoms with Crippen LogP contribution in [0, 0.1) is 25.2 Å².